The first-order chi connectivity index (χ1) is 13.2. The van der Waals surface area contributed by atoms with Crippen molar-refractivity contribution in [3.8, 4) is 11.3 Å². The van der Waals surface area contributed by atoms with E-state index in [1.807, 2.05) is 42.5 Å². The second-order valence-corrected chi connectivity index (χ2v) is 7.82. The summed E-state index contributed by atoms with van der Waals surface area (Å²) in [7, 11) is 0. The van der Waals surface area contributed by atoms with Crippen LogP contribution in [-0.4, -0.2) is 34.6 Å². The van der Waals surface area contributed by atoms with E-state index in [0.717, 1.165) is 45.8 Å². The van der Waals surface area contributed by atoms with Crippen LogP contribution in [0.15, 0.2) is 54.6 Å². The number of halogens is 1. The average molecular weight is 381 g/mol. The predicted molar refractivity (Wildman–Crippen MR) is 112 cm³/mol. The molecular formula is C23H25ClN2O. The van der Waals surface area contributed by atoms with Crippen LogP contribution in [-0.2, 0) is 0 Å². The summed E-state index contributed by atoms with van der Waals surface area (Å²) in [6.07, 6.45) is 4.60. The molecule has 4 heteroatoms. The molecule has 0 aliphatic carbocycles. The summed E-state index contributed by atoms with van der Waals surface area (Å²) in [4.78, 5) is 7.20. The number of aliphatic hydroxyl groups is 1. The molecule has 0 radical (unpaired) electrons. The van der Waals surface area contributed by atoms with Gasteiger partial charge in [-0.15, -0.1) is 0 Å². The molecule has 1 saturated heterocycles. The number of rotatable bonds is 4. The number of β-amino-alcohol motifs (C(OH)–C–C–N with tert-alkyl or cyclic N) is 1. The molecule has 1 N–H and O–H groups in total. The third kappa shape index (κ3) is 4.49. The number of aliphatic hydroxyl groups excluding tert-OH is 1. The maximum Gasteiger partial charge on any atom is 0.0917 e. The first-order valence-electron chi connectivity index (χ1n) is 9.76. The Kier molecular flexibility index (Phi) is 5.72. The molecule has 0 bridgehead atoms. The number of aromatic nitrogens is 1. The van der Waals surface area contributed by atoms with Crippen LogP contribution in [0, 0.1) is 0 Å². The topological polar surface area (TPSA) is 36.4 Å². The molecule has 3 aromatic rings. The fourth-order valence-electron chi connectivity index (χ4n) is 3.79. The Balaban J connectivity index is 1.57. The number of likely N-dealkylation sites (tertiary alicyclic amines) is 1. The van der Waals surface area contributed by atoms with Gasteiger partial charge in [-0.25, -0.2) is 4.98 Å². The second kappa shape index (κ2) is 8.39. The van der Waals surface area contributed by atoms with E-state index in [1.54, 1.807) is 0 Å². The van der Waals surface area contributed by atoms with E-state index in [-0.39, 0.29) is 0 Å². The highest BCUT2D eigenvalue weighted by Crippen LogP contribution is 2.25. The number of pyridine rings is 1. The van der Waals surface area contributed by atoms with Gasteiger partial charge in [0.25, 0.3) is 0 Å². The molecule has 1 aliphatic rings. The molecule has 1 fully saturated rings. The van der Waals surface area contributed by atoms with Gasteiger partial charge in [-0.05, 0) is 55.8 Å². The summed E-state index contributed by atoms with van der Waals surface area (Å²) in [5.74, 6) is 0. The molecule has 0 amide bonds. The Morgan fingerprint density at radius 2 is 1.63 bits per heavy atom. The zero-order valence-electron chi connectivity index (χ0n) is 15.4. The number of hydrogen-bond donors (Lipinski definition) is 1. The minimum Gasteiger partial charge on any atom is -0.387 e. The molecule has 140 valence electrons. The summed E-state index contributed by atoms with van der Waals surface area (Å²) < 4.78 is 0. The Labute approximate surface area is 165 Å². The maximum atomic E-state index is 10.8. The SMILES string of the molecule is OC(CN1CCCCCC1)c1ccc2ccc(-c3ccc(Cl)cc3)nc2c1. The molecular weight excluding hydrogens is 356 g/mol. The molecule has 2 heterocycles. The number of fused-ring (bicyclic) bond motifs is 1. The minimum atomic E-state index is -0.478. The van der Waals surface area contributed by atoms with Crippen LogP contribution in [0.25, 0.3) is 22.2 Å². The normalized spacial score (nSPS) is 17.0. The molecule has 27 heavy (non-hydrogen) atoms. The van der Waals surface area contributed by atoms with Gasteiger partial charge < -0.3 is 10.0 Å². The average Bonchev–Trinajstić information content (AvgIpc) is 2.96. The highest BCUT2D eigenvalue weighted by molar-refractivity contribution is 6.30. The van der Waals surface area contributed by atoms with E-state index < -0.39 is 6.10 Å². The summed E-state index contributed by atoms with van der Waals surface area (Å²) in [6.45, 7) is 2.87. The van der Waals surface area contributed by atoms with Gasteiger partial charge in [0.05, 0.1) is 17.3 Å². The van der Waals surface area contributed by atoms with E-state index in [0.29, 0.717) is 6.54 Å². The van der Waals surface area contributed by atoms with Crippen molar-refractivity contribution in [1.29, 1.82) is 0 Å². The van der Waals surface area contributed by atoms with Crippen molar-refractivity contribution in [3.05, 3.63) is 65.2 Å². The van der Waals surface area contributed by atoms with Gasteiger partial charge in [0.2, 0.25) is 0 Å². The Bertz CT molecular complexity index is 902. The molecule has 1 aliphatic heterocycles. The van der Waals surface area contributed by atoms with Gasteiger partial charge in [0.15, 0.2) is 0 Å². The van der Waals surface area contributed by atoms with Gasteiger partial charge in [0, 0.05) is 22.5 Å². The first kappa shape index (κ1) is 18.4. The quantitative estimate of drug-likeness (QED) is 0.652. The molecule has 2 aromatic carbocycles. The minimum absolute atomic E-state index is 0.478. The van der Waals surface area contributed by atoms with Crippen LogP contribution >= 0.6 is 11.6 Å². The van der Waals surface area contributed by atoms with Crippen molar-refractivity contribution in [3.63, 3.8) is 0 Å². The molecule has 1 aromatic heterocycles. The lowest BCUT2D eigenvalue weighted by Gasteiger charge is -2.23. The lowest BCUT2D eigenvalue weighted by Crippen LogP contribution is -2.29. The third-order valence-corrected chi connectivity index (χ3v) is 5.62. The lowest BCUT2D eigenvalue weighted by molar-refractivity contribution is 0.115. The smallest absolute Gasteiger partial charge is 0.0917 e. The standard InChI is InChI=1S/C23H25ClN2O/c24-20-10-7-17(8-11-20)21-12-9-18-5-6-19(15-22(18)25-21)23(27)16-26-13-3-1-2-4-14-26/h5-12,15,23,27H,1-4,13-14,16H2. The Morgan fingerprint density at radius 1 is 0.926 bits per heavy atom. The lowest BCUT2D eigenvalue weighted by atomic mass is 10.0. The van der Waals surface area contributed by atoms with Crippen LogP contribution in [0.1, 0.15) is 37.4 Å². The van der Waals surface area contributed by atoms with Gasteiger partial charge >= 0.3 is 0 Å². The summed E-state index contributed by atoms with van der Waals surface area (Å²) in [6, 6.07) is 17.9. The van der Waals surface area contributed by atoms with Gasteiger partial charge in [0.1, 0.15) is 0 Å². The molecule has 4 rings (SSSR count). The van der Waals surface area contributed by atoms with Crippen molar-refractivity contribution >= 4 is 22.5 Å². The number of nitrogens with zero attached hydrogens (tertiary/aromatic N) is 2. The molecule has 0 spiro atoms. The van der Waals surface area contributed by atoms with Crippen LogP contribution in [0.5, 0.6) is 0 Å². The highest BCUT2D eigenvalue weighted by Gasteiger charge is 2.16. The van der Waals surface area contributed by atoms with Crippen molar-refractivity contribution in [2.24, 2.45) is 0 Å². The Morgan fingerprint density at radius 3 is 2.37 bits per heavy atom. The van der Waals surface area contributed by atoms with Crippen molar-refractivity contribution in [2.45, 2.75) is 31.8 Å². The third-order valence-electron chi connectivity index (χ3n) is 5.37. The van der Waals surface area contributed by atoms with E-state index in [1.165, 1.54) is 25.7 Å². The van der Waals surface area contributed by atoms with E-state index >= 15 is 0 Å². The summed E-state index contributed by atoms with van der Waals surface area (Å²) in [5, 5.41) is 12.6. The monoisotopic (exact) mass is 380 g/mol. The number of hydrogen-bond acceptors (Lipinski definition) is 3. The maximum absolute atomic E-state index is 10.8. The second-order valence-electron chi connectivity index (χ2n) is 7.39. The molecule has 1 unspecified atom stereocenters. The van der Waals surface area contributed by atoms with Crippen LogP contribution < -0.4 is 0 Å². The number of benzene rings is 2. The summed E-state index contributed by atoms with van der Waals surface area (Å²) in [5.41, 5.74) is 3.80. The summed E-state index contributed by atoms with van der Waals surface area (Å²) >= 11 is 5.99. The van der Waals surface area contributed by atoms with Crippen molar-refractivity contribution in [1.82, 2.24) is 9.88 Å². The van der Waals surface area contributed by atoms with Crippen molar-refractivity contribution in [2.75, 3.05) is 19.6 Å². The highest BCUT2D eigenvalue weighted by atomic mass is 35.5. The molecule has 1 atom stereocenters. The predicted octanol–water partition coefficient (Wildman–Crippen LogP) is 5.46. The Hall–Kier alpha value is -1.94. The first-order valence-corrected chi connectivity index (χ1v) is 10.1. The van der Waals surface area contributed by atoms with E-state index in [9.17, 15) is 5.11 Å². The zero-order valence-corrected chi connectivity index (χ0v) is 16.2. The molecule has 3 nitrogen and oxygen atoms in total. The zero-order chi connectivity index (χ0) is 18.6. The fourth-order valence-corrected chi connectivity index (χ4v) is 3.92. The van der Waals surface area contributed by atoms with Crippen molar-refractivity contribution < 1.29 is 5.11 Å². The van der Waals surface area contributed by atoms with E-state index in [2.05, 4.69) is 17.0 Å². The largest absolute Gasteiger partial charge is 0.387 e. The van der Waals surface area contributed by atoms with E-state index in [4.69, 9.17) is 16.6 Å². The van der Waals surface area contributed by atoms with Crippen LogP contribution in [0.4, 0.5) is 0 Å². The van der Waals surface area contributed by atoms with Gasteiger partial charge in [-0.3, -0.25) is 0 Å². The van der Waals surface area contributed by atoms with Crippen LogP contribution in [0.2, 0.25) is 5.02 Å². The fraction of sp³-hybridized carbons (Fsp3) is 0.348. The van der Waals surface area contributed by atoms with Crippen LogP contribution in [0.3, 0.4) is 0 Å². The van der Waals surface area contributed by atoms with Gasteiger partial charge in [-0.2, -0.15) is 0 Å². The van der Waals surface area contributed by atoms with Gasteiger partial charge in [-0.1, -0.05) is 54.8 Å². The molecule has 0 saturated carbocycles.